The first-order valence-electron chi connectivity index (χ1n) is 11.0. The number of nitrogens with one attached hydrogen (secondary N) is 1. The normalized spacial score (nSPS) is 20.3. The van der Waals surface area contributed by atoms with Crippen molar-refractivity contribution in [2.75, 3.05) is 11.9 Å². The van der Waals surface area contributed by atoms with Gasteiger partial charge in [-0.15, -0.1) is 0 Å². The van der Waals surface area contributed by atoms with Gasteiger partial charge in [0.1, 0.15) is 23.4 Å². The molecule has 0 aliphatic carbocycles. The van der Waals surface area contributed by atoms with Gasteiger partial charge in [-0.25, -0.2) is 19.6 Å². The summed E-state index contributed by atoms with van der Waals surface area (Å²) in [5, 5.41) is 6.29. The topological polar surface area (TPSA) is 71.1 Å². The van der Waals surface area contributed by atoms with Crippen LogP contribution in [0.4, 0.5) is 15.3 Å². The van der Waals surface area contributed by atoms with Gasteiger partial charge in [0.2, 0.25) is 0 Å². The van der Waals surface area contributed by atoms with E-state index in [0.717, 1.165) is 12.0 Å². The van der Waals surface area contributed by atoms with Crippen molar-refractivity contribution in [3.05, 3.63) is 77.0 Å². The molecule has 2 atom stereocenters. The third kappa shape index (κ3) is 5.25. The van der Waals surface area contributed by atoms with Crippen LogP contribution >= 0.6 is 11.6 Å². The summed E-state index contributed by atoms with van der Waals surface area (Å²) in [5.74, 6) is 0.682. The van der Waals surface area contributed by atoms with Crippen molar-refractivity contribution >= 4 is 29.4 Å². The number of hydrogen-bond acceptors (Lipinski definition) is 4. The van der Waals surface area contributed by atoms with E-state index in [1.54, 1.807) is 45.0 Å². The van der Waals surface area contributed by atoms with Crippen LogP contribution in [0.15, 0.2) is 66.4 Å². The SMILES string of the molecule is CC(C)(C)OC(=O)N1[C@@H](c2ccccc2)C=C2OCCC[C@H]2N1C(=O)Nc1ccc(Cl)cc1. The Balaban J connectivity index is 1.76. The molecule has 2 heterocycles. The maximum absolute atomic E-state index is 13.6. The Morgan fingerprint density at radius 2 is 1.76 bits per heavy atom. The first-order chi connectivity index (χ1) is 15.7. The second kappa shape index (κ2) is 9.35. The van der Waals surface area contributed by atoms with Gasteiger partial charge in [0.15, 0.2) is 0 Å². The molecule has 0 radical (unpaired) electrons. The lowest BCUT2D eigenvalue weighted by atomic mass is 9.97. The highest BCUT2D eigenvalue weighted by atomic mass is 35.5. The Morgan fingerprint density at radius 1 is 1.06 bits per heavy atom. The lowest BCUT2D eigenvalue weighted by molar-refractivity contribution is -0.0787. The minimum Gasteiger partial charge on any atom is -0.496 e. The molecule has 1 saturated heterocycles. The summed E-state index contributed by atoms with van der Waals surface area (Å²) in [6.45, 7) is 5.98. The van der Waals surface area contributed by atoms with Gasteiger partial charge < -0.3 is 14.8 Å². The molecule has 1 N–H and O–H groups in total. The van der Waals surface area contributed by atoms with Crippen molar-refractivity contribution < 1.29 is 19.1 Å². The molecule has 0 aromatic heterocycles. The Bertz CT molecular complexity index is 1030. The van der Waals surface area contributed by atoms with E-state index in [2.05, 4.69) is 5.32 Å². The van der Waals surface area contributed by atoms with Crippen LogP contribution < -0.4 is 5.32 Å². The van der Waals surface area contributed by atoms with Crippen molar-refractivity contribution in [2.24, 2.45) is 0 Å². The van der Waals surface area contributed by atoms with Crippen LogP contribution in [-0.2, 0) is 9.47 Å². The van der Waals surface area contributed by atoms with Crippen molar-refractivity contribution in [3.8, 4) is 0 Å². The molecule has 174 valence electrons. The average molecular weight is 470 g/mol. The van der Waals surface area contributed by atoms with Crippen molar-refractivity contribution in [1.29, 1.82) is 0 Å². The fourth-order valence-corrected chi connectivity index (χ4v) is 4.09. The zero-order valence-corrected chi connectivity index (χ0v) is 19.7. The van der Waals surface area contributed by atoms with Crippen LogP contribution in [0.3, 0.4) is 0 Å². The Morgan fingerprint density at radius 3 is 2.42 bits per heavy atom. The molecule has 3 amide bonds. The van der Waals surface area contributed by atoms with Crippen LogP contribution in [0.5, 0.6) is 0 Å². The molecule has 4 rings (SSSR count). The van der Waals surface area contributed by atoms with Crippen molar-refractivity contribution in [1.82, 2.24) is 10.0 Å². The molecular weight excluding hydrogens is 442 g/mol. The number of hydrazine groups is 1. The fraction of sp³-hybridized carbons (Fsp3) is 0.360. The third-order valence-electron chi connectivity index (χ3n) is 5.36. The Labute approximate surface area is 198 Å². The van der Waals surface area contributed by atoms with Crippen LogP contribution in [0.1, 0.15) is 45.2 Å². The van der Waals surface area contributed by atoms with Gasteiger partial charge in [-0.05, 0) is 69.5 Å². The van der Waals surface area contributed by atoms with E-state index in [0.29, 0.717) is 29.5 Å². The molecule has 8 heteroatoms. The van der Waals surface area contributed by atoms with Gasteiger partial charge in [-0.1, -0.05) is 41.9 Å². The monoisotopic (exact) mass is 469 g/mol. The summed E-state index contributed by atoms with van der Waals surface area (Å²) in [5.41, 5.74) is 0.675. The van der Waals surface area contributed by atoms with Gasteiger partial charge in [-0.3, -0.25) is 0 Å². The van der Waals surface area contributed by atoms with E-state index in [-0.39, 0.29) is 0 Å². The average Bonchev–Trinajstić information content (AvgIpc) is 2.78. The predicted molar refractivity (Wildman–Crippen MR) is 127 cm³/mol. The summed E-state index contributed by atoms with van der Waals surface area (Å²) in [6, 6.07) is 14.9. The zero-order chi connectivity index (χ0) is 23.6. The van der Waals surface area contributed by atoms with Gasteiger partial charge in [0.25, 0.3) is 0 Å². The number of amides is 3. The maximum atomic E-state index is 13.6. The molecule has 2 aromatic rings. The molecule has 33 heavy (non-hydrogen) atoms. The molecule has 0 bridgehead atoms. The lowest BCUT2D eigenvalue weighted by Gasteiger charge is -2.48. The summed E-state index contributed by atoms with van der Waals surface area (Å²) in [7, 11) is 0. The van der Waals surface area contributed by atoms with Crippen molar-refractivity contribution in [2.45, 2.75) is 51.3 Å². The number of urea groups is 1. The molecule has 1 fully saturated rings. The van der Waals surface area contributed by atoms with Gasteiger partial charge in [0, 0.05) is 10.7 Å². The number of rotatable bonds is 2. The highest BCUT2D eigenvalue weighted by molar-refractivity contribution is 6.30. The van der Waals surface area contributed by atoms with Crippen molar-refractivity contribution in [3.63, 3.8) is 0 Å². The quantitative estimate of drug-likeness (QED) is 0.573. The van der Waals surface area contributed by atoms with Gasteiger partial charge in [-0.2, -0.15) is 0 Å². The third-order valence-corrected chi connectivity index (χ3v) is 5.61. The molecule has 0 saturated carbocycles. The first kappa shape index (κ1) is 23.0. The van der Waals surface area contributed by atoms with Crippen LogP contribution in [0, 0.1) is 0 Å². The number of carbonyl (C=O) groups is 2. The molecule has 2 aliphatic rings. The van der Waals surface area contributed by atoms with E-state index in [4.69, 9.17) is 21.1 Å². The number of carbonyl (C=O) groups excluding carboxylic acids is 2. The van der Waals surface area contributed by atoms with E-state index < -0.39 is 29.8 Å². The Hall–Kier alpha value is -3.19. The minimum atomic E-state index is -0.732. The van der Waals surface area contributed by atoms with Crippen LogP contribution in [-0.4, -0.2) is 40.4 Å². The highest BCUT2D eigenvalue weighted by Gasteiger charge is 2.46. The number of nitrogens with zero attached hydrogens (tertiary/aromatic N) is 2. The predicted octanol–water partition coefficient (Wildman–Crippen LogP) is 6.14. The van der Waals surface area contributed by atoms with E-state index in [1.807, 2.05) is 36.4 Å². The maximum Gasteiger partial charge on any atom is 0.430 e. The molecule has 2 aliphatic heterocycles. The summed E-state index contributed by atoms with van der Waals surface area (Å²) in [6.07, 6.45) is 2.74. The molecule has 7 nitrogen and oxygen atoms in total. The molecule has 2 aromatic carbocycles. The smallest absolute Gasteiger partial charge is 0.430 e. The zero-order valence-electron chi connectivity index (χ0n) is 19.0. The highest BCUT2D eigenvalue weighted by Crippen LogP contribution is 2.38. The fourth-order valence-electron chi connectivity index (χ4n) is 3.97. The van der Waals surface area contributed by atoms with Crippen LogP contribution in [0.2, 0.25) is 5.02 Å². The van der Waals surface area contributed by atoms with E-state index in [9.17, 15) is 9.59 Å². The second-order valence-electron chi connectivity index (χ2n) is 9.04. The number of halogens is 1. The number of hydrogen-bond donors (Lipinski definition) is 1. The van der Waals surface area contributed by atoms with E-state index in [1.165, 1.54) is 10.0 Å². The summed E-state index contributed by atoms with van der Waals surface area (Å²) in [4.78, 5) is 27.1. The Kier molecular flexibility index (Phi) is 6.51. The number of ether oxygens (including phenoxy) is 2. The lowest BCUT2D eigenvalue weighted by Crippen LogP contribution is -2.61. The molecule has 0 spiro atoms. The second-order valence-corrected chi connectivity index (χ2v) is 9.47. The number of fused-ring (bicyclic) bond motifs is 1. The summed E-state index contributed by atoms with van der Waals surface area (Å²) < 4.78 is 11.7. The molecular formula is C25H28ClN3O4. The van der Waals surface area contributed by atoms with Gasteiger partial charge in [0.05, 0.1) is 6.61 Å². The van der Waals surface area contributed by atoms with E-state index >= 15 is 0 Å². The summed E-state index contributed by atoms with van der Waals surface area (Å²) >= 11 is 5.98. The minimum absolute atomic E-state index is 0.418. The molecule has 0 unspecified atom stereocenters. The standard InChI is InChI=1S/C25H28ClN3O4/c1-25(2,3)33-24(31)29-21(17-8-5-4-6-9-17)16-22-20(10-7-15-32-22)28(29)23(30)27-19-13-11-18(26)12-14-19/h4-6,8-9,11-14,16,20-21H,7,10,15H2,1-3H3,(H,27,30)/t20-,21-/m1/s1. The first-order valence-corrected chi connectivity index (χ1v) is 11.4. The largest absolute Gasteiger partial charge is 0.496 e. The number of benzene rings is 2. The van der Waals surface area contributed by atoms with Gasteiger partial charge >= 0.3 is 12.1 Å². The van der Waals surface area contributed by atoms with Crippen LogP contribution in [0.25, 0.3) is 0 Å². The number of anilines is 1.